The maximum absolute atomic E-state index is 2.54. The van der Waals surface area contributed by atoms with Crippen molar-refractivity contribution in [1.29, 1.82) is 0 Å². The average Bonchev–Trinajstić information content (AvgIpc) is 1.70. The molecule has 0 aromatic rings. The van der Waals surface area contributed by atoms with Crippen molar-refractivity contribution >= 4 is 0 Å². The van der Waals surface area contributed by atoms with Gasteiger partial charge in [0.05, 0.1) is 0 Å². The van der Waals surface area contributed by atoms with E-state index in [4.69, 9.17) is 0 Å². The average molecular weight is 140 g/mol. The molecule has 2 heterocycles. The fourth-order valence-corrected chi connectivity index (χ4v) is 1.49. The Labute approximate surface area is 62.8 Å². The molecule has 0 amide bonds. The molecule has 58 valence electrons. The van der Waals surface area contributed by atoms with Gasteiger partial charge in [0.2, 0.25) is 0 Å². The lowest BCUT2D eigenvalue weighted by atomic mass is 10.2. The minimum absolute atomic E-state index is 1.32. The molecule has 0 atom stereocenters. The molecule has 0 aromatic heterocycles. The molecular formula is C8H16N2. The number of hydrogen-bond donors (Lipinski definition) is 0. The molecule has 0 bridgehead atoms. The van der Waals surface area contributed by atoms with Crippen molar-refractivity contribution < 1.29 is 0 Å². The standard InChI is InChI=1S/C8H16N2/c1-3-9(4-1)7-8-10-5-2-6-10/h1-8H2. The summed E-state index contributed by atoms with van der Waals surface area (Å²) in [5, 5.41) is 0. The molecule has 0 N–H and O–H groups in total. The molecule has 2 fully saturated rings. The lowest BCUT2D eigenvalue weighted by Crippen LogP contribution is -2.46. The summed E-state index contributed by atoms with van der Waals surface area (Å²) >= 11 is 0. The first-order chi connectivity index (χ1) is 4.95. The maximum atomic E-state index is 2.54. The van der Waals surface area contributed by atoms with E-state index in [9.17, 15) is 0 Å². The second kappa shape index (κ2) is 2.89. The first-order valence-corrected chi connectivity index (χ1v) is 4.40. The van der Waals surface area contributed by atoms with Crippen LogP contribution in [0.2, 0.25) is 0 Å². The Bertz CT molecular complexity index is 91.8. The predicted molar refractivity (Wildman–Crippen MR) is 42.1 cm³/mol. The second-order valence-corrected chi connectivity index (χ2v) is 3.39. The lowest BCUT2D eigenvalue weighted by molar-refractivity contribution is 0.117. The Hall–Kier alpha value is -0.0800. The first kappa shape index (κ1) is 6.62. The van der Waals surface area contributed by atoms with Crippen molar-refractivity contribution in [3.8, 4) is 0 Å². The number of hydrogen-bond acceptors (Lipinski definition) is 2. The molecule has 2 aliphatic rings. The van der Waals surface area contributed by atoms with Crippen LogP contribution in [0.5, 0.6) is 0 Å². The van der Waals surface area contributed by atoms with Gasteiger partial charge >= 0.3 is 0 Å². The zero-order valence-electron chi connectivity index (χ0n) is 6.55. The Morgan fingerprint density at radius 1 is 0.700 bits per heavy atom. The van der Waals surface area contributed by atoms with Crippen LogP contribution < -0.4 is 0 Å². The molecule has 2 rings (SSSR count). The van der Waals surface area contributed by atoms with Gasteiger partial charge in [-0.2, -0.15) is 0 Å². The van der Waals surface area contributed by atoms with Crippen LogP contribution in [-0.2, 0) is 0 Å². The Balaban J connectivity index is 1.54. The van der Waals surface area contributed by atoms with Gasteiger partial charge in [-0.3, -0.25) is 0 Å². The Morgan fingerprint density at radius 3 is 1.30 bits per heavy atom. The maximum Gasteiger partial charge on any atom is 0.0109 e. The van der Waals surface area contributed by atoms with Crippen LogP contribution in [0.1, 0.15) is 12.8 Å². The molecule has 2 aliphatic heterocycles. The third kappa shape index (κ3) is 1.32. The van der Waals surface area contributed by atoms with Crippen LogP contribution in [0.3, 0.4) is 0 Å². The smallest absolute Gasteiger partial charge is 0.0109 e. The molecule has 0 aliphatic carbocycles. The van der Waals surface area contributed by atoms with Gasteiger partial charge in [0.25, 0.3) is 0 Å². The van der Waals surface area contributed by atoms with Crippen LogP contribution in [0.25, 0.3) is 0 Å². The summed E-state index contributed by atoms with van der Waals surface area (Å²) in [7, 11) is 0. The highest BCUT2D eigenvalue weighted by Gasteiger charge is 2.17. The largest absolute Gasteiger partial charge is 0.302 e. The third-order valence-electron chi connectivity index (χ3n) is 2.63. The second-order valence-electron chi connectivity index (χ2n) is 3.39. The molecule has 0 unspecified atom stereocenters. The quantitative estimate of drug-likeness (QED) is 0.560. The van der Waals surface area contributed by atoms with Crippen molar-refractivity contribution in [2.45, 2.75) is 12.8 Å². The van der Waals surface area contributed by atoms with Crippen molar-refractivity contribution in [3.05, 3.63) is 0 Å². The van der Waals surface area contributed by atoms with E-state index in [1.165, 1.54) is 52.1 Å². The van der Waals surface area contributed by atoms with Crippen LogP contribution in [0.15, 0.2) is 0 Å². The van der Waals surface area contributed by atoms with E-state index in [0.717, 1.165) is 0 Å². The van der Waals surface area contributed by atoms with Crippen LogP contribution >= 0.6 is 0 Å². The van der Waals surface area contributed by atoms with Crippen LogP contribution in [0, 0.1) is 0 Å². The van der Waals surface area contributed by atoms with E-state index in [1.807, 2.05) is 0 Å². The van der Waals surface area contributed by atoms with Crippen molar-refractivity contribution in [3.63, 3.8) is 0 Å². The molecule has 0 spiro atoms. The fraction of sp³-hybridized carbons (Fsp3) is 1.00. The number of likely N-dealkylation sites (tertiary alicyclic amines) is 2. The summed E-state index contributed by atoms with van der Waals surface area (Å²) < 4.78 is 0. The molecule has 10 heavy (non-hydrogen) atoms. The van der Waals surface area contributed by atoms with Crippen molar-refractivity contribution in [1.82, 2.24) is 9.80 Å². The zero-order chi connectivity index (χ0) is 6.81. The molecule has 0 radical (unpaired) electrons. The third-order valence-corrected chi connectivity index (χ3v) is 2.63. The summed E-state index contributed by atoms with van der Waals surface area (Å²) in [6.45, 7) is 8.06. The van der Waals surface area contributed by atoms with Gasteiger partial charge in [0.15, 0.2) is 0 Å². The first-order valence-electron chi connectivity index (χ1n) is 4.40. The van der Waals surface area contributed by atoms with E-state index in [0.29, 0.717) is 0 Å². The summed E-state index contributed by atoms with van der Waals surface area (Å²) in [6, 6.07) is 0. The minimum Gasteiger partial charge on any atom is -0.302 e. The SMILES string of the molecule is C1CN(CCN2CCC2)C1. The topological polar surface area (TPSA) is 6.48 Å². The van der Waals surface area contributed by atoms with E-state index < -0.39 is 0 Å². The van der Waals surface area contributed by atoms with Gasteiger partial charge < -0.3 is 9.80 Å². The summed E-state index contributed by atoms with van der Waals surface area (Å²) in [5.74, 6) is 0. The molecule has 2 saturated heterocycles. The van der Waals surface area contributed by atoms with Crippen LogP contribution in [-0.4, -0.2) is 49.1 Å². The van der Waals surface area contributed by atoms with Gasteiger partial charge in [-0.25, -0.2) is 0 Å². The normalized spacial score (nSPS) is 27.6. The molecule has 0 aromatic carbocycles. The highest BCUT2D eigenvalue weighted by atomic mass is 15.2. The van der Waals surface area contributed by atoms with Crippen molar-refractivity contribution in [2.24, 2.45) is 0 Å². The molecule has 0 saturated carbocycles. The van der Waals surface area contributed by atoms with Crippen LogP contribution in [0.4, 0.5) is 0 Å². The van der Waals surface area contributed by atoms with E-state index >= 15 is 0 Å². The Kier molecular flexibility index (Phi) is 1.91. The van der Waals surface area contributed by atoms with Gasteiger partial charge in [-0.1, -0.05) is 0 Å². The van der Waals surface area contributed by atoms with Gasteiger partial charge in [0.1, 0.15) is 0 Å². The lowest BCUT2D eigenvalue weighted by Gasteiger charge is -2.36. The van der Waals surface area contributed by atoms with Gasteiger partial charge in [-0.15, -0.1) is 0 Å². The monoisotopic (exact) mass is 140 g/mol. The summed E-state index contributed by atoms with van der Waals surface area (Å²) in [5.41, 5.74) is 0. The highest BCUT2D eigenvalue weighted by Crippen LogP contribution is 2.08. The zero-order valence-corrected chi connectivity index (χ0v) is 6.55. The highest BCUT2D eigenvalue weighted by molar-refractivity contribution is 4.73. The van der Waals surface area contributed by atoms with E-state index in [1.54, 1.807) is 0 Å². The molecule has 2 heteroatoms. The van der Waals surface area contributed by atoms with E-state index in [-0.39, 0.29) is 0 Å². The number of rotatable bonds is 3. The van der Waals surface area contributed by atoms with E-state index in [2.05, 4.69) is 9.80 Å². The number of nitrogens with zero attached hydrogens (tertiary/aromatic N) is 2. The van der Waals surface area contributed by atoms with Gasteiger partial charge in [0, 0.05) is 13.1 Å². The van der Waals surface area contributed by atoms with Crippen molar-refractivity contribution in [2.75, 3.05) is 39.3 Å². The Morgan fingerprint density at radius 2 is 1.10 bits per heavy atom. The molecular weight excluding hydrogens is 124 g/mol. The summed E-state index contributed by atoms with van der Waals surface area (Å²) in [6.07, 6.45) is 2.86. The van der Waals surface area contributed by atoms with Gasteiger partial charge in [-0.05, 0) is 39.0 Å². The predicted octanol–water partition coefficient (Wildman–Crippen LogP) is 0.398. The summed E-state index contributed by atoms with van der Waals surface area (Å²) in [4.78, 5) is 5.08. The minimum atomic E-state index is 1.32. The fourth-order valence-electron chi connectivity index (χ4n) is 1.49. The molecule has 2 nitrogen and oxygen atoms in total.